The Morgan fingerprint density at radius 3 is 2.47 bits per heavy atom. The average Bonchev–Trinajstić information content (AvgIpc) is 2.41. The first-order valence-electron chi connectivity index (χ1n) is 6.85. The van der Waals surface area contributed by atoms with Crippen molar-refractivity contribution in [2.45, 2.75) is 44.6 Å². The van der Waals surface area contributed by atoms with Crippen molar-refractivity contribution >= 4 is 0 Å². The van der Waals surface area contributed by atoms with E-state index in [4.69, 9.17) is 4.74 Å². The van der Waals surface area contributed by atoms with Crippen LogP contribution in [0.1, 0.15) is 37.7 Å². The Kier molecular flexibility index (Phi) is 4.87. The summed E-state index contributed by atoms with van der Waals surface area (Å²) in [6.07, 6.45) is 8.32. The Hall–Kier alpha value is -1.02. The largest absolute Gasteiger partial charge is 0.497 e. The van der Waals surface area contributed by atoms with Gasteiger partial charge in [0, 0.05) is 6.42 Å². The highest BCUT2D eigenvalue weighted by Gasteiger charge is 2.15. The highest BCUT2D eigenvalue weighted by molar-refractivity contribution is 5.27. The van der Waals surface area contributed by atoms with Gasteiger partial charge in [-0.05, 0) is 43.4 Å². The molecule has 1 aliphatic carbocycles. The lowest BCUT2D eigenvalue weighted by molar-refractivity contribution is -0.691. The number of hydrogen-bond donors (Lipinski definition) is 1. The van der Waals surface area contributed by atoms with Gasteiger partial charge in [-0.3, -0.25) is 0 Å². The minimum absolute atomic E-state index is 0.891. The molecule has 0 saturated heterocycles. The van der Waals surface area contributed by atoms with Gasteiger partial charge >= 0.3 is 0 Å². The molecular formula is C15H24NO+. The normalized spacial score (nSPS) is 17.0. The summed E-state index contributed by atoms with van der Waals surface area (Å²) in [5, 5.41) is 2.55. The van der Waals surface area contributed by atoms with Crippen molar-refractivity contribution in [1.82, 2.24) is 0 Å². The summed E-state index contributed by atoms with van der Waals surface area (Å²) >= 11 is 0. The maximum absolute atomic E-state index is 5.16. The number of rotatable bonds is 5. The van der Waals surface area contributed by atoms with E-state index < -0.39 is 0 Å². The molecule has 0 unspecified atom stereocenters. The third kappa shape index (κ3) is 4.04. The third-order valence-corrected chi connectivity index (χ3v) is 3.74. The number of methoxy groups -OCH3 is 1. The van der Waals surface area contributed by atoms with Crippen LogP contribution in [0, 0.1) is 0 Å². The van der Waals surface area contributed by atoms with Crippen LogP contribution in [0.3, 0.4) is 0 Å². The van der Waals surface area contributed by atoms with Gasteiger partial charge in [0.05, 0.1) is 19.7 Å². The Balaban J connectivity index is 1.69. The van der Waals surface area contributed by atoms with Gasteiger partial charge in [-0.25, -0.2) is 0 Å². The lowest BCUT2D eigenvalue weighted by Crippen LogP contribution is -2.90. The van der Waals surface area contributed by atoms with Crippen molar-refractivity contribution in [3.63, 3.8) is 0 Å². The van der Waals surface area contributed by atoms with Crippen LogP contribution >= 0.6 is 0 Å². The molecule has 1 aromatic rings. The molecule has 94 valence electrons. The average molecular weight is 234 g/mol. The molecule has 0 aromatic heterocycles. The van der Waals surface area contributed by atoms with Crippen LogP contribution in [0.2, 0.25) is 0 Å². The van der Waals surface area contributed by atoms with Crippen molar-refractivity contribution in [1.29, 1.82) is 0 Å². The lowest BCUT2D eigenvalue weighted by atomic mass is 9.95. The second-order valence-corrected chi connectivity index (χ2v) is 5.02. The number of nitrogens with two attached hydrogens (primary N) is 1. The van der Waals surface area contributed by atoms with E-state index in [1.54, 1.807) is 7.11 Å². The molecule has 0 amide bonds. The minimum Gasteiger partial charge on any atom is -0.497 e. The standard InChI is InChI=1S/C15H23NO/c1-17-15-9-7-13(8-10-15)11-12-16-14-5-3-2-4-6-14/h7-10,14,16H,2-6,11-12H2,1H3/p+1. The fraction of sp³-hybridized carbons (Fsp3) is 0.600. The molecule has 0 heterocycles. The fourth-order valence-electron chi connectivity index (χ4n) is 2.65. The Morgan fingerprint density at radius 2 is 1.82 bits per heavy atom. The highest BCUT2D eigenvalue weighted by atomic mass is 16.5. The van der Waals surface area contributed by atoms with E-state index >= 15 is 0 Å². The maximum atomic E-state index is 5.16. The predicted octanol–water partition coefficient (Wildman–Crippen LogP) is 2.13. The van der Waals surface area contributed by atoms with Gasteiger partial charge in [0.1, 0.15) is 5.75 Å². The molecule has 0 bridgehead atoms. The summed E-state index contributed by atoms with van der Waals surface area (Å²) in [6.45, 7) is 1.22. The van der Waals surface area contributed by atoms with E-state index in [-0.39, 0.29) is 0 Å². The lowest BCUT2D eigenvalue weighted by Gasteiger charge is -2.19. The van der Waals surface area contributed by atoms with E-state index in [0.717, 1.165) is 11.8 Å². The number of hydrogen-bond acceptors (Lipinski definition) is 1. The SMILES string of the molecule is COc1ccc(CC[NH2+]C2CCCCC2)cc1. The zero-order chi connectivity index (χ0) is 11.9. The van der Waals surface area contributed by atoms with E-state index in [2.05, 4.69) is 29.6 Å². The molecule has 2 nitrogen and oxygen atoms in total. The van der Waals surface area contributed by atoms with Crippen LogP contribution in [-0.4, -0.2) is 19.7 Å². The predicted molar refractivity (Wildman–Crippen MR) is 70.4 cm³/mol. The fourth-order valence-corrected chi connectivity index (χ4v) is 2.65. The quantitative estimate of drug-likeness (QED) is 0.830. The summed E-state index contributed by atoms with van der Waals surface area (Å²) in [5.41, 5.74) is 1.41. The molecule has 1 aromatic carbocycles. The van der Waals surface area contributed by atoms with Gasteiger partial charge < -0.3 is 10.1 Å². The summed E-state index contributed by atoms with van der Waals surface area (Å²) < 4.78 is 5.16. The topological polar surface area (TPSA) is 25.8 Å². The molecule has 1 aliphatic rings. The molecule has 0 spiro atoms. The minimum atomic E-state index is 0.891. The monoisotopic (exact) mass is 234 g/mol. The Labute approximate surface area is 104 Å². The van der Waals surface area contributed by atoms with Gasteiger partial charge in [-0.1, -0.05) is 18.6 Å². The maximum Gasteiger partial charge on any atom is 0.118 e. The van der Waals surface area contributed by atoms with Crippen molar-refractivity contribution in [2.75, 3.05) is 13.7 Å². The first kappa shape index (κ1) is 12.4. The van der Waals surface area contributed by atoms with E-state index in [9.17, 15) is 0 Å². The number of benzene rings is 1. The molecule has 2 heteroatoms. The second-order valence-electron chi connectivity index (χ2n) is 5.02. The van der Waals surface area contributed by atoms with E-state index in [1.165, 1.54) is 50.6 Å². The summed E-state index contributed by atoms with van der Waals surface area (Å²) in [6, 6.07) is 9.34. The van der Waals surface area contributed by atoms with Gasteiger partial charge in [-0.2, -0.15) is 0 Å². The Morgan fingerprint density at radius 1 is 1.12 bits per heavy atom. The van der Waals surface area contributed by atoms with Crippen LogP contribution < -0.4 is 10.1 Å². The van der Waals surface area contributed by atoms with E-state index in [0.29, 0.717) is 0 Å². The van der Waals surface area contributed by atoms with Crippen molar-refractivity contribution in [2.24, 2.45) is 0 Å². The number of ether oxygens (including phenoxy) is 1. The molecule has 2 rings (SSSR count). The van der Waals surface area contributed by atoms with Gasteiger partial charge in [0.2, 0.25) is 0 Å². The molecule has 17 heavy (non-hydrogen) atoms. The van der Waals surface area contributed by atoms with Gasteiger partial charge in [0.25, 0.3) is 0 Å². The summed E-state index contributed by atoms with van der Waals surface area (Å²) in [4.78, 5) is 0. The molecule has 0 aliphatic heterocycles. The first-order chi connectivity index (χ1) is 8.38. The summed E-state index contributed by atoms with van der Waals surface area (Å²) in [7, 11) is 1.71. The first-order valence-corrected chi connectivity index (χ1v) is 6.85. The van der Waals surface area contributed by atoms with E-state index in [1.807, 2.05) is 0 Å². The molecule has 2 N–H and O–H groups in total. The van der Waals surface area contributed by atoms with Gasteiger partial charge in [-0.15, -0.1) is 0 Å². The van der Waals surface area contributed by atoms with Crippen LogP contribution in [0.4, 0.5) is 0 Å². The molecule has 1 saturated carbocycles. The van der Waals surface area contributed by atoms with Crippen molar-refractivity contribution in [3.05, 3.63) is 29.8 Å². The van der Waals surface area contributed by atoms with Crippen LogP contribution in [0.15, 0.2) is 24.3 Å². The molecule has 1 fully saturated rings. The zero-order valence-corrected chi connectivity index (χ0v) is 10.8. The van der Waals surface area contributed by atoms with Crippen molar-refractivity contribution < 1.29 is 10.1 Å². The molecular weight excluding hydrogens is 210 g/mol. The highest BCUT2D eigenvalue weighted by Crippen LogP contribution is 2.14. The van der Waals surface area contributed by atoms with Crippen molar-refractivity contribution in [3.8, 4) is 5.75 Å². The Bertz CT molecular complexity index is 314. The van der Waals surface area contributed by atoms with Gasteiger partial charge in [0.15, 0.2) is 0 Å². The number of quaternary nitrogens is 1. The second kappa shape index (κ2) is 6.65. The van der Waals surface area contributed by atoms with Crippen LogP contribution in [0.25, 0.3) is 0 Å². The van der Waals surface area contributed by atoms with Crippen LogP contribution in [0.5, 0.6) is 5.75 Å². The molecule has 0 radical (unpaired) electrons. The smallest absolute Gasteiger partial charge is 0.118 e. The molecule has 0 atom stereocenters. The zero-order valence-electron chi connectivity index (χ0n) is 10.8. The van der Waals surface area contributed by atoms with Crippen LogP contribution in [-0.2, 0) is 6.42 Å². The summed E-state index contributed by atoms with van der Waals surface area (Å²) in [5.74, 6) is 0.949. The third-order valence-electron chi connectivity index (χ3n) is 3.74.